The number of aliphatic hydroxyl groups is 1. The van der Waals surface area contributed by atoms with Crippen molar-refractivity contribution in [3.05, 3.63) is 33.9 Å². The fraction of sp³-hybridized carbons (Fsp3) is 0.538. The molecule has 1 heteroatoms. The minimum absolute atomic E-state index is 0.184. The monoisotopic (exact) mass is 188 g/mol. The zero-order valence-electron chi connectivity index (χ0n) is 8.64. The molecule has 0 bridgehead atoms. The molecule has 1 atom stereocenters. The van der Waals surface area contributed by atoms with Crippen molar-refractivity contribution in [3.63, 3.8) is 0 Å². The quantitative estimate of drug-likeness (QED) is 0.663. The van der Waals surface area contributed by atoms with Gasteiger partial charge in [0.05, 0.1) is 6.10 Å². The van der Waals surface area contributed by atoms with Gasteiger partial charge in [0.2, 0.25) is 0 Å². The number of rotatable bonds is 0. The summed E-state index contributed by atoms with van der Waals surface area (Å²) >= 11 is 0. The van der Waals surface area contributed by atoms with Gasteiger partial charge in [0, 0.05) is 0 Å². The van der Waals surface area contributed by atoms with Crippen LogP contribution in [0.4, 0.5) is 0 Å². The van der Waals surface area contributed by atoms with Gasteiger partial charge in [0.25, 0.3) is 0 Å². The van der Waals surface area contributed by atoms with Crippen molar-refractivity contribution in [3.8, 4) is 0 Å². The molecule has 2 aliphatic rings. The third-order valence-corrected chi connectivity index (χ3v) is 3.83. The van der Waals surface area contributed by atoms with Gasteiger partial charge in [0.15, 0.2) is 0 Å². The molecule has 14 heavy (non-hydrogen) atoms. The summed E-state index contributed by atoms with van der Waals surface area (Å²) in [5, 5.41) is 9.89. The van der Waals surface area contributed by atoms with E-state index < -0.39 is 0 Å². The van der Waals surface area contributed by atoms with Gasteiger partial charge in [-0.25, -0.2) is 0 Å². The van der Waals surface area contributed by atoms with Crippen LogP contribution in [0.1, 0.15) is 46.8 Å². The van der Waals surface area contributed by atoms with Gasteiger partial charge in [0.1, 0.15) is 0 Å². The Morgan fingerprint density at radius 1 is 1.21 bits per heavy atom. The normalized spacial score (nSPS) is 23.7. The summed E-state index contributed by atoms with van der Waals surface area (Å²) in [6.07, 6.45) is 5.59. The number of hydrogen-bond acceptors (Lipinski definition) is 1. The van der Waals surface area contributed by atoms with Crippen LogP contribution in [-0.2, 0) is 19.3 Å². The van der Waals surface area contributed by atoms with Gasteiger partial charge in [-0.2, -0.15) is 0 Å². The fourth-order valence-electron chi connectivity index (χ4n) is 3.15. The molecule has 1 aromatic rings. The first-order chi connectivity index (χ1) is 6.77. The van der Waals surface area contributed by atoms with Gasteiger partial charge in [-0.3, -0.25) is 0 Å². The maximum absolute atomic E-state index is 9.89. The first kappa shape index (κ1) is 8.49. The second kappa shape index (κ2) is 2.83. The van der Waals surface area contributed by atoms with Crippen molar-refractivity contribution >= 4 is 0 Å². The highest BCUT2D eigenvalue weighted by molar-refractivity contribution is 5.50. The van der Waals surface area contributed by atoms with E-state index in [4.69, 9.17) is 0 Å². The van der Waals surface area contributed by atoms with Gasteiger partial charge < -0.3 is 5.11 Å². The first-order valence-electron chi connectivity index (χ1n) is 5.59. The van der Waals surface area contributed by atoms with Gasteiger partial charge >= 0.3 is 0 Å². The number of aliphatic hydroxyl groups excluding tert-OH is 1. The highest BCUT2D eigenvalue weighted by Gasteiger charge is 2.26. The first-order valence-corrected chi connectivity index (χ1v) is 5.59. The Labute approximate surface area is 84.8 Å². The second-order valence-corrected chi connectivity index (χ2v) is 4.62. The van der Waals surface area contributed by atoms with Crippen molar-refractivity contribution in [2.24, 2.45) is 0 Å². The van der Waals surface area contributed by atoms with E-state index in [0.29, 0.717) is 0 Å². The van der Waals surface area contributed by atoms with Crippen LogP contribution in [0.25, 0.3) is 0 Å². The van der Waals surface area contributed by atoms with Gasteiger partial charge in [-0.1, -0.05) is 6.07 Å². The van der Waals surface area contributed by atoms with E-state index in [1.54, 1.807) is 5.56 Å². The molecule has 0 spiro atoms. The Hall–Kier alpha value is -0.820. The number of hydrogen-bond donors (Lipinski definition) is 1. The molecule has 0 amide bonds. The molecule has 2 aliphatic carbocycles. The maximum atomic E-state index is 9.89. The van der Waals surface area contributed by atoms with Crippen LogP contribution in [0, 0.1) is 6.92 Å². The Kier molecular flexibility index (Phi) is 1.72. The summed E-state index contributed by atoms with van der Waals surface area (Å²) in [6.45, 7) is 2.19. The zero-order valence-corrected chi connectivity index (χ0v) is 8.64. The minimum atomic E-state index is -0.184. The lowest BCUT2D eigenvalue weighted by Gasteiger charge is -2.13. The molecule has 3 rings (SSSR count). The van der Waals surface area contributed by atoms with Crippen LogP contribution in [0.15, 0.2) is 6.07 Å². The van der Waals surface area contributed by atoms with Crippen molar-refractivity contribution in [2.75, 3.05) is 0 Å². The smallest absolute Gasteiger partial charge is 0.0798 e. The van der Waals surface area contributed by atoms with E-state index in [9.17, 15) is 5.11 Å². The predicted octanol–water partition coefficient (Wildman–Crippen LogP) is 2.46. The predicted molar refractivity (Wildman–Crippen MR) is 56.5 cm³/mol. The molecule has 1 N–H and O–H groups in total. The van der Waals surface area contributed by atoms with E-state index in [-0.39, 0.29) is 6.10 Å². The molecule has 0 radical (unpaired) electrons. The van der Waals surface area contributed by atoms with Crippen LogP contribution in [-0.4, -0.2) is 5.11 Å². The highest BCUT2D eigenvalue weighted by Crippen LogP contribution is 2.39. The zero-order chi connectivity index (χ0) is 9.71. The van der Waals surface area contributed by atoms with Crippen molar-refractivity contribution in [1.82, 2.24) is 0 Å². The number of benzene rings is 1. The molecule has 0 aromatic heterocycles. The topological polar surface area (TPSA) is 20.2 Å². The molecule has 0 aliphatic heterocycles. The summed E-state index contributed by atoms with van der Waals surface area (Å²) in [5.41, 5.74) is 7.14. The molecule has 1 aromatic carbocycles. The summed E-state index contributed by atoms with van der Waals surface area (Å²) in [6, 6.07) is 2.35. The lowest BCUT2D eigenvalue weighted by atomic mass is 9.95. The minimum Gasteiger partial charge on any atom is -0.388 e. The molecule has 1 unspecified atom stereocenters. The Bertz CT molecular complexity index is 393. The lowest BCUT2D eigenvalue weighted by Crippen LogP contribution is -1.99. The van der Waals surface area contributed by atoms with E-state index in [1.807, 2.05) is 0 Å². The third kappa shape index (κ3) is 0.992. The van der Waals surface area contributed by atoms with E-state index in [1.165, 1.54) is 41.5 Å². The molecule has 1 nitrogen and oxygen atoms in total. The Balaban J connectivity index is 2.25. The summed E-state index contributed by atoms with van der Waals surface area (Å²) in [4.78, 5) is 0. The fourth-order valence-corrected chi connectivity index (χ4v) is 3.15. The molecule has 0 heterocycles. The van der Waals surface area contributed by atoms with Crippen molar-refractivity contribution < 1.29 is 5.11 Å². The molecule has 0 saturated heterocycles. The maximum Gasteiger partial charge on any atom is 0.0798 e. The molecule has 0 saturated carbocycles. The van der Waals surface area contributed by atoms with E-state index >= 15 is 0 Å². The average molecular weight is 188 g/mol. The summed E-state index contributed by atoms with van der Waals surface area (Å²) in [7, 11) is 0. The highest BCUT2D eigenvalue weighted by atomic mass is 16.3. The van der Waals surface area contributed by atoms with Crippen LogP contribution < -0.4 is 0 Å². The standard InChI is InChI=1S/C13H16O/c1-8-11-4-2-3-9(11)7-10-5-6-12(14)13(8)10/h7,12,14H,2-6H2,1H3. The summed E-state index contributed by atoms with van der Waals surface area (Å²) < 4.78 is 0. The van der Waals surface area contributed by atoms with E-state index in [2.05, 4.69) is 13.0 Å². The summed E-state index contributed by atoms with van der Waals surface area (Å²) in [5.74, 6) is 0. The van der Waals surface area contributed by atoms with Crippen LogP contribution in [0.5, 0.6) is 0 Å². The number of aryl methyl sites for hydroxylation is 2. The van der Waals surface area contributed by atoms with Crippen LogP contribution >= 0.6 is 0 Å². The lowest BCUT2D eigenvalue weighted by molar-refractivity contribution is 0.179. The molecular formula is C13H16O. The van der Waals surface area contributed by atoms with Gasteiger partial charge in [-0.05, 0) is 66.8 Å². The number of fused-ring (bicyclic) bond motifs is 2. The van der Waals surface area contributed by atoms with Crippen molar-refractivity contribution in [1.29, 1.82) is 0 Å². The SMILES string of the molecule is Cc1c2c(cc3c1C(O)CC3)CCC2. The van der Waals surface area contributed by atoms with Crippen molar-refractivity contribution in [2.45, 2.75) is 45.1 Å². The second-order valence-electron chi connectivity index (χ2n) is 4.62. The molecular weight excluding hydrogens is 172 g/mol. The van der Waals surface area contributed by atoms with E-state index in [0.717, 1.165) is 12.8 Å². The molecule has 0 fully saturated rings. The third-order valence-electron chi connectivity index (χ3n) is 3.83. The Morgan fingerprint density at radius 3 is 2.93 bits per heavy atom. The van der Waals surface area contributed by atoms with Crippen LogP contribution in [0.3, 0.4) is 0 Å². The van der Waals surface area contributed by atoms with Crippen LogP contribution in [0.2, 0.25) is 0 Å². The average Bonchev–Trinajstić information content (AvgIpc) is 2.74. The van der Waals surface area contributed by atoms with Gasteiger partial charge in [-0.15, -0.1) is 0 Å². The largest absolute Gasteiger partial charge is 0.388 e. The molecule has 74 valence electrons. The Morgan fingerprint density at radius 2 is 2.07 bits per heavy atom.